The van der Waals surface area contributed by atoms with Gasteiger partial charge in [-0.05, 0) is 35.4 Å². The molecule has 1 aliphatic rings. The normalized spacial score (nSPS) is 20.9. The third-order valence-corrected chi connectivity index (χ3v) is 5.89. The topological polar surface area (TPSA) is 107 Å². The molecule has 4 rings (SSSR count). The van der Waals surface area contributed by atoms with Crippen LogP contribution in [0.5, 0.6) is 5.75 Å². The lowest BCUT2D eigenvalue weighted by molar-refractivity contribution is -0.263. The van der Waals surface area contributed by atoms with Gasteiger partial charge in [-0.1, -0.05) is 60.7 Å². The molecule has 0 aromatic heterocycles. The maximum atomic E-state index is 13.4. The van der Waals surface area contributed by atoms with Crippen LogP contribution in [0.3, 0.4) is 0 Å². The van der Waals surface area contributed by atoms with E-state index in [-0.39, 0.29) is 18.8 Å². The van der Waals surface area contributed by atoms with Gasteiger partial charge in [-0.25, -0.2) is 9.59 Å². The monoisotopic (exact) mass is 520 g/mol. The number of hydrogen-bond donors (Lipinski definition) is 0. The second-order valence-corrected chi connectivity index (χ2v) is 8.42. The predicted molar refractivity (Wildman–Crippen MR) is 134 cm³/mol. The molecule has 0 spiro atoms. The summed E-state index contributed by atoms with van der Waals surface area (Å²) in [5, 5.41) is 0. The number of carbonyl (C=O) groups is 3. The first kappa shape index (κ1) is 27.0. The van der Waals surface area contributed by atoms with Gasteiger partial charge in [0.05, 0.1) is 33.0 Å². The van der Waals surface area contributed by atoms with E-state index in [2.05, 4.69) is 0 Å². The van der Waals surface area contributed by atoms with Gasteiger partial charge < -0.3 is 28.4 Å². The molecule has 3 aromatic carbocycles. The highest BCUT2D eigenvalue weighted by molar-refractivity contribution is 6.05. The van der Waals surface area contributed by atoms with Gasteiger partial charge in [-0.2, -0.15) is 0 Å². The number of benzene rings is 3. The summed E-state index contributed by atoms with van der Waals surface area (Å²) >= 11 is 0. The molecule has 4 atom stereocenters. The number of carbonyl (C=O) groups excluding carboxylic acids is 3. The fourth-order valence-corrected chi connectivity index (χ4v) is 3.87. The first-order chi connectivity index (χ1) is 18.5. The minimum Gasteiger partial charge on any atom is -0.497 e. The first-order valence-electron chi connectivity index (χ1n) is 11.9. The van der Waals surface area contributed by atoms with E-state index in [1.165, 1.54) is 0 Å². The van der Waals surface area contributed by atoms with Crippen molar-refractivity contribution >= 4 is 17.7 Å². The fraction of sp³-hybridized carbons (Fsp3) is 0.276. The molecule has 0 bridgehead atoms. The van der Waals surface area contributed by atoms with Crippen LogP contribution in [-0.4, -0.2) is 56.5 Å². The lowest BCUT2D eigenvalue weighted by atomic mass is 9.99. The summed E-state index contributed by atoms with van der Waals surface area (Å²) in [7, 11) is 2.70. The highest BCUT2D eigenvalue weighted by Gasteiger charge is 2.52. The fourth-order valence-electron chi connectivity index (χ4n) is 3.87. The first-order valence-corrected chi connectivity index (χ1v) is 11.9. The van der Waals surface area contributed by atoms with Crippen LogP contribution < -0.4 is 4.74 Å². The van der Waals surface area contributed by atoms with E-state index in [1.54, 1.807) is 61.7 Å². The van der Waals surface area contributed by atoms with Crippen molar-refractivity contribution in [1.82, 2.24) is 0 Å². The minimum atomic E-state index is -1.62. The smallest absolute Gasteiger partial charge is 0.343 e. The van der Waals surface area contributed by atoms with Crippen molar-refractivity contribution in [3.8, 4) is 5.75 Å². The van der Waals surface area contributed by atoms with Gasteiger partial charge in [0.15, 0.2) is 18.5 Å². The standard InChI is InChI=1S/C29H28O9/c1-33-22-15-13-20(14-16-22)17-35-24-23(30)25(28(32)34-2)38-29(36-18-19-9-5-3-6-10-19)26(24)37-27(31)21-11-7-4-8-12-21/h3-16,24-26,29H,17-18H2,1-2H3/t24-,25+,26+,29+/m0/s1. The number of hydrogen-bond acceptors (Lipinski definition) is 9. The molecule has 0 saturated carbocycles. The summed E-state index contributed by atoms with van der Waals surface area (Å²) in [5.41, 5.74) is 1.81. The number of methoxy groups -OCH3 is 2. The van der Waals surface area contributed by atoms with Gasteiger partial charge in [-0.15, -0.1) is 0 Å². The Morgan fingerprint density at radius 1 is 0.789 bits per heavy atom. The number of esters is 2. The Morgan fingerprint density at radius 2 is 1.39 bits per heavy atom. The molecule has 9 heteroatoms. The molecule has 198 valence electrons. The molecule has 0 unspecified atom stereocenters. The van der Waals surface area contributed by atoms with E-state index in [9.17, 15) is 14.4 Å². The highest BCUT2D eigenvalue weighted by Crippen LogP contribution is 2.27. The van der Waals surface area contributed by atoms with E-state index in [0.29, 0.717) is 5.75 Å². The average molecular weight is 521 g/mol. The Hall–Kier alpha value is -4.05. The zero-order valence-corrected chi connectivity index (χ0v) is 21.0. The van der Waals surface area contributed by atoms with Gasteiger partial charge in [0.2, 0.25) is 11.9 Å². The molecular weight excluding hydrogens is 492 g/mol. The highest BCUT2D eigenvalue weighted by atomic mass is 16.7. The van der Waals surface area contributed by atoms with E-state index >= 15 is 0 Å². The molecule has 0 amide bonds. The van der Waals surface area contributed by atoms with Crippen molar-refractivity contribution in [2.45, 2.75) is 37.8 Å². The second-order valence-electron chi connectivity index (χ2n) is 8.42. The van der Waals surface area contributed by atoms with Crippen LogP contribution in [0, 0.1) is 0 Å². The molecule has 3 aromatic rings. The van der Waals surface area contributed by atoms with Crippen molar-refractivity contribution in [2.24, 2.45) is 0 Å². The van der Waals surface area contributed by atoms with Crippen LogP contribution in [0.15, 0.2) is 84.9 Å². The maximum Gasteiger partial charge on any atom is 0.343 e. The van der Waals surface area contributed by atoms with Crippen molar-refractivity contribution < 1.29 is 42.8 Å². The van der Waals surface area contributed by atoms with Gasteiger partial charge in [-0.3, -0.25) is 4.79 Å². The minimum absolute atomic E-state index is 0.0148. The molecular formula is C29H28O9. The number of Topliss-reactive ketones (excluding diaryl/α,β-unsaturated/α-hetero) is 1. The van der Waals surface area contributed by atoms with Gasteiger partial charge in [0.25, 0.3) is 0 Å². The third-order valence-electron chi connectivity index (χ3n) is 5.89. The van der Waals surface area contributed by atoms with E-state index in [1.807, 2.05) is 30.3 Å². The van der Waals surface area contributed by atoms with Gasteiger partial charge in [0, 0.05) is 0 Å². The van der Waals surface area contributed by atoms with Gasteiger partial charge >= 0.3 is 11.9 Å². The summed E-state index contributed by atoms with van der Waals surface area (Å²) < 4.78 is 33.3. The second kappa shape index (κ2) is 13.0. The zero-order chi connectivity index (χ0) is 26.9. The van der Waals surface area contributed by atoms with Gasteiger partial charge in [0.1, 0.15) is 5.75 Å². The SMILES string of the molecule is COC(=O)[C@@H]1O[C@@H](OCc2ccccc2)[C@H](OC(=O)c2ccccc2)[C@@H](OCc2ccc(OC)cc2)C1=O. The lowest BCUT2D eigenvalue weighted by Gasteiger charge is -2.38. The van der Waals surface area contributed by atoms with Crippen LogP contribution in [0.1, 0.15) is 21.5 Å². The molecule has 1 aliphatic heterocycles. The van der Waals surface area contributed by atoms with Crippen LogP contribution >= 0.6 is 0 Å². The number of ketones is 1. The van der Waals surface area contributed by atoms with Crippen molar-refractivity contribution in [3.05, 3.63) is 102 Å². The number of rotatable bonds is 10. The Bertz CT molecular complexity index is 1210. The molecule has 9 nitrogen and oxygen atoms in total. The summed E-state index contributed by atoms with van der Waals surface area (Å²) in [4.78, 5) is 38.8. The van der Waals surface area contributed by atoms with Crippen LogP contribution in [0.25, 0.3) is 0 Å². The largest absolute Gasteiger partial charge is 0.497 e. The van der Waals surface area contributed by atoms with E-state index in [4.69, 9.17) is 28.4 Å². The summed E-state index contributed by atoms with van der Waals surface area (Å²) in [6.07, 6.45) is -5.60. The molecule has 1 heterocycles. The number of ether oxygens (including phenoxy) is 6. The Balaban J connectivity index is 1.62. The average Bonchev–Trinajstić information content (AvgIpc) is 2.97. The van der Waals surface area contributed by atoms with Crippen LogP contribution in [0.4, 0.5) is 0 Å². The molecule has 0 aliphatic carbocycles. The predicted octanol–water partition coefficient (Wildman–Crippen LogP) is 3.49. The van der Waals surface area contributed by atoms with Crippen molar-refractivity contribution in [2.75, 3.05) is 14.2 Å². The third kappa shape index (κ3) is 6.63. The molecule has 38 heavy (non-hydrogen) atoms. The zero-order valence-electron chi connectivity index (χ0n) is 21.0. The quantitative estimate of drug-likeness (QED) is 0.293. The molecule has 1 fully saturated rings. The van der Waals surface area contributed by atoms with Crippen LogP contribution in [-0.2, 0) is 46.5 Å². The molecule has 0 N–H and O–H groups in total. The molecule has 0 radical (unpaired) electrons. The molecule has 1 saturated heterocycles. The van der Waals surface area contributed by atoms with Crippen LogP contribution in [0.2, 0.25) is 0 Å². The van der Waals surface area contributed by atoms with Crippen molar-refractivity contribution in [3.63, 3.8) is 0 Å². The summed E-state index contributed by atoms with van der Waals surface area (Å²) in [5.74, 6) is -1.69. The van der Waals surface area contributed by atoms with Crippen molar-refractivity contribution in [1.29, 1.82) is 0 Å². The van der Waals surface area contributed by atoms with E-state index in [0.717, 1.165) is 18.2 Å². The summed E-state index contributed by atoms with van der Waals surface area (Å²) in [6.45, 7) is 0.0528. The maximum absolute atomic E-state index is 13.4. The Kier molecular flexibility index (Phi) is 9.21. The summed E-state index contributed by atoms with van der Waals surface area (Å²) in [6, 6.07) is 24.6. The Labute approximate surface area is 220 Å². The Morgan fingerprint density at radius 3 is 2.03 bits per heavy atom. The van der Waals surface area contributed by atoms with E-state index < -0.39 is 42.3 Å². The lowest BCUT2D eigenvalue weighted by Crippen LogP contribution is -2.60.